The van der Waals surface area contributed by atoms with Gasteiger partial charge in [0.05, 0.1) is 16.3 Å². The number of halogens is 2. The number of benzene rings is 1. The minimum absolute atomic E-state index is 0.372. The van der Waals surface area contributed by atoms with Crippen molar-refractivity contribution in [2.75, 3.05) is 0 Å². The molecule has 3 aromatic rings. The highest BCUT2D eigenvalue weighted by Gasteiger charge is 2.14. The Morgan fingerprint density at radius 2 is 1.95 bits per heavy atom. The smallest absolute Gasteiger partial charge is 0.0846 e. The second-order valence-electron chi connectivity index (χ2n) is 4.49. The molecule has 0 aliphatic rings. The summed E-state index contributed by atoms with van der Waals surface area (Å²) in [6.45, 7) is 0. The van der Waals surface area contributed by atoms with E-state index in [2.05, 4.69) is 4.98 Å². The Balaban J connectivity index is 1.90. The maximum absolute atomic E-state index is 10.4. The zero-order chi connectivity index (χ0) is 14.1. The summed E-state index contributed by atoms with van der Waals surface area (Å²) in [6, 6.07) is 9.26. The van der Waals surface area contributed by atoms with Gasteiger partial charge in [0.15, 0.2) is 0 Å². The van der Waals surface area contributed by atoms with E-state index in [1.807, 2.05) is 17.5 Å². The van der Waals surface area contributed by atoms with Gasteiger partial charge in [-0.15, -0.1) is 11.3 Å². The van der Waals surface area contributed by atoms with Crippen molar-refractivity contribution >= 4 is 44.8 Å². The summed E-state index contributed by atoms with van der Waals surface area (Å²) in [6.07, 6.45) is 1.40. The molecular weight excluding hydrogens is 313 g/mol. The number of aliphatic hydroxyl groups excluding tert-OH is 1. The van der Waals surface area contributed by atoms with Crippen LogP contribution < -0.4 is 0 Å². The fourth-order valence-corrected chi connectivity index (χ4v) is 3.42. The van der Waals surface area contributed by atoms with Crippen molar-refractivity contribution in [3.05, 3.63) is 63.1 Å². The Morgan fingerprint density at radius 3 is 2.70 bits per heavy atom. The number of aliphatic hydroxyl groups is 1. The van der Waals surface area contributed by atoms with Gasteiger partial charge in [-0.05, 0) is 35.2 Å². The lowest BCUT2D eigenvalue weighted by atomic mass is 10.0. The SMILES string of the molecule is OC(Cc1c(Cl)cccc1Cl)c1cnc2ccsc2c1. The van der Waals surface area contributed by atoms with Crippen molar-refractivity contribution in [1.82, 2.24) is 4.98 Å². The molecular formula is C15H11Cl2NOS. The first-order chi connectivity index (χ1) is 9.65. The largest absolute Gasteiger partial charge is 0.388 e. The number of fused-ring (bicyclic) bond motifs is 1. The lowest BCUT2D eigenvalue weighted by Gasteiger charge is -2.13. The highest BCUT2D eigenvalue weighted by Crippen LogP contribution is 2.30. The molecule has 0 amide bonds. The number of aromatic nitrogens is 1. The van der Waals surface area contributed by atoms with Crippen LogP contribution in [0.4, 0.5) is 0 Å². The van der Waals surface area contributed by atoms with Crippen LogP contribution in [0.2, 0.25) is 10.0 Å². The minimum Gasteiger partial charge on any atom is -0.388 e. The summed E-state index contributed by atoms with van der Waals surface area (Å²) in [5.41, 5.74) is 2.48. The van der Waals surface area contributed by atoms with E-state index >= 15 is 0 Å². The van der Waals surface area contributed by atoms with Crippen molar-refractivity contribution in [3.63, 3.8) is 0 Å². The maximum atomic E-state index is 10.4. The van der Waals surface area contributed by atoms with Crippen LogP contribution in [-0.4, -0.2) is 10.1 Å². The molecule has 5 heteroatoms. The van der Waals surface area contributed by atoms with Crippen LogP contribution in [0.5, 0.6) is 0 Å². The fraction of sp³-hybridized carbons (Fsp3) is 0.133. The second-order valence-corrected chi connectivity index (χ2v) is 6.25. The molecule has 0 saturated carbocycles. The highest BCUT2D eigenvalue weighted by atomic mass is 35.5. The molecule has 0 spiro atoms. The summed E-state index contributed by atoms with van der Waals surface area (Å²) < 4.78 is 1.06. The van der Waals surface area contributed by atoms with Crippen LogP contribution in [0.15, 0.2) is 41.9 Å². The van der Waals surface area contributed by atoms with Crippen LogP contribution in [-0.2, 0) is 6.42 Å². The van der Waals surface area contributed by atoms with Crippen LogP contribution in [0.3, 0.4) is 0 Å². The summed E-state index contributed by atoms with van der Waals surface area (Å²) in [4.78, 5) is 4.33. The van der Waals surface area contributed by atoms with Gasteiger partial charge in [-0.2, -0.15) is 0 Å². The van der Waals surface area contributed by atoms with E-state index in [1.54, 1.807) is 35.7 Å². The number of hydrogen-bond acceptors (Lipinski definition) is 3. The number of pyridine rings is 1. The van der Waals surface area contributed by atoms with E-state index in [0.717, 1.165) is 21.3 Å². The van der Waals surface area contributed by atoms with E-state index in [9.17, 15) is 5.11 Å². The van der Waals surface area contributed by atoms with Gasteiger partial charge < -0.3 is 5.11 Å². The quantitative estimate of drug-likeness (QED) is 0.745. The molecule has 20 heavy (non-hydrogen) atoms. The molecule has 0 aliphatic heterocycles. The zero-order valence-electron chi connectivity index (χ0n) is 10.4. The van der Waals surface area contributed by atoms with E-state index in [4.69, 9.17) is 23.2 Å². The molecule has 1 aromatic carbocycles. The molecule has 102 valence electrons. The summed E-state index contributed by atoms with van der Waals surface area (Å²) in [5.74, 6) is 0. The molecule has 2 heterocycles. The Morgan fingerprint density at radius 1 is 1.20 bits per heavy atom. The first-order valence-electron chi connectivity index (χ1n) is 6.09. The van der Waals surface area contributed by atoms with Crippen molar-refractivity contribution in [2.45, 2.75) is 12.5 Å². The Hall–Kier alpha value is -1.13. The number of rotatable bonds is 3. The van der Waals surface area contributed by atoms with Crippen LogP contribution in [0.1, 0.15) is 17.2 Å². The standard InChI is InChI=1S/C15H11Cl2NOS/c16-11-2-1-3-12(17)10(11)7-14(19)9-6-15-13(18-8-9)4-5-20-15/h1-6,8,14,19H,7H2. The first-order valence-corrected chi connectivity index (χ1v) is 7.73. The fourth-order valence-electron chi connectivity index (χ4n) is 2.08. The van der Waals surface area contributed by atoms with Gasteiger partial charge in [0.25, 0.3) is 0 Å². The van der Waals surface area contributed by atoms with Crippen LogP contribution in [0.25, 0.3) is 10.2 Å². The van der Waals surface area contributed by atoms with E-state index in [-0.39, 0.29) is 0 Å². The number of nitrogens with zero attached hydrogens (tertiary/aromatic N) is 1. The number of hydrogen-bond donors (Lipinski definition) is 1. The van der Waals surface area contributed by atoms with Gasteiger partial charge >= 0.3 is 0 Å². The summed E-state index contributed by atoms with van der Waals surface area (Å²) >= 11 is 13.9. The number of thiophene rings is 1. The molecule has 2 nitrogen and oxygen atoms in total. The average Bonchev–Trinajstić information content (AvgIpc) is 2.90. The molecule has 0 bridgehead atoms. The molecule has 1 atom stereocenters. The van der Waals surface area contributed by atoms with Crippen LogP contribution in [0, 0.1) is 0 Å². The third kappa shape index (κ3) is 2.67. The Kier molecular flexibility index (Phi) is 3.94. The van der Waals surface area contributed by atoms with Gasteiger partial charge in [0.1, 0.15) is 0 Å². The monoisotopic (exact) mass is 323 g/mol. The molecule has 3 rings (SSSR count). The molecule has 1 N–H and O–H groups in total. The van der Waals surface area contributed by atoms with Gasteiger partial charge in [-0.1, -0.05) is 29.3 Å². The molecule has 0 saturated heterocycles. The van der Waals surface area contributed by atoms with Crippen molar-refractivity contribution in [1.29, 1.82) is 0 Å². The van der Waals surface area contributed by atoms with Crippen molar-refractivity contribution in [2.24, 2.45) is 0 Å². The second kappa shape index (κ2) is 5.70. The maximum Gasteiger partial charge on any atom is 0.0846 e. The third-order valence-corrected chi connectivity index (χ3v) is 4.73. The van der Waals surface area contributed by atoms with Crippen molar-refractivity contribution < 1.29 is 5.11 Å². The predicted molar refractivity (Wildman–Crippen MR) is 84.7 cm³/mol. The predicted octanol–water partition coefficient (Wildman–Crippen LogP) is 4.88. The van der Waals surface area contributed by atoms with E-state index in [0.29, 0.717) is 16.5 Å². The molecule has 0 fully saturated rings. The molecule has 0 aliphatic carbocycles. The first kappa shape index (κ1) is 13.8. The Bertz CT molecular complexity index is 736. The zero-order valence-corrected chi connectivity index (χ0v) is 12.7. The van der Waals surface area contributed by atoms with E-state index < -0.39 is 6.10 Å². The lowest BCUT2D eigenvalue weighted by Crippen LogP contribution is -2.03. The molecule has 2 aromatic heterocycles. The average molecular weight is 324 g/mol. The van der Waals surface area contributed by atoms with Gasteiger partial charge in [0.2, 0.25) is 0 Å². The van der Waals surface area contributed by atoms with E-state index in [1.165, 1.54) is 0 Å². The minimum atomic E-state index is -0.675. The molecule has 0 radical (unpaired) electrons. The summed E-state index contributed by atoms with van der Waals surface area (Å²) in [5, 5.41) is 13.5. The van der Waals surface area contributed by atoms with Gasteiger partial charge in [-0.3, -0.25) is 4.98 Å². The molecule has 1 unspecified atom stereocenters. The van der Waals surface area contributed by atoms with Gasteiger partial charge in [-0.25, -0.2) is 0 Å². The van der Waals surface area contributed by atoms with Gasteiger partial charge in [0, 0.05) is 28.2 Å². The van der Waals surface area contributed by atoms with Crippen LogP contribution >= 0.6 is 34.5 Å². The lowest BCUT2D eigenvalue weighted by molar-refractivity contribution is 0.178. The summed E-state index contributed by atoms with van der Waals surface area (Å²) in [7, 11) is 0. The normalized spacial score (nSPS) is 12.8. The topological polar surface area (TPSA) is 33.1 Å². The highest BCUT2D eigenvalue weighted by molar-refractivity contribution is 7.17. The van der Waals surface area contributed by atoms with Crippen molar-refractivity contribution in [3.8, 4) is 0 Å². The Labute approximate surface area is 130 Å². The third-order valence-electron chi connectivity index (χ3n) is 3.17.